The van der Waals surface area contributed by atoms with E-state index in [-0.39, 0.29) is 30.2 Å². The minimum atomic E-state index is -0.503. The van der Waals surface area contributed by atoms with Crippen LogP contribution in [0.25, 0.3) is 0 Å². The van der Waals surface area contributed by atoms with Crippen molar-refractivity contribution in [3.05, 3.63) is 71.2 Å². The first-order valence-corrected chi connectivity index (χ1v) is 10.3. The Balaban J connectivity index is 1.39. The second-order valence-electron chi connectivity index (χ2n) is 6.73. The van der Waals surface area contributed by atoms with Crippen molar-refractivity contribution in [3.63, 3.8) is 0 Å². The maximum atomic E-state index is 13.7. The SMILES string of the molecule is O=C(Nc1nccs1)c1ccc([C@H]2CCCN2C(=O)COc2ccccc2F)nc1. The molecule has 1 atom stereocenters. The third-order valence-corrected chi connectivity index (χ3v) is 5.49. The number of carbonyl (C=O) groups is 2. The number of carbonyl (C=O) groups excluding carboxylic acids is 2. The molecule has 30 heavy (non-hydrogen) atoms. The lowest BCUT2D eigenvalue weighted by Crippen LogP contribution is -2.34. The van der Waals surface area contributed by atoms with Gasteiger partial charge in [0.15, 0.2) is 23.3 Å². The highest BCUT2D eigenvalue weighted by atomic mass is 32.1. The molecule has 1 aromatic carbocycles. The van der Waals surface area contributed by atoms with E-state index in [0.29, 0.717) is 22.9 Å². The average Bonchev–Trinajstić information content (AvgIpc) is 3.45. The number of nitrogens with one attached hydrogen (secondary N) is 1. The number of hydrogen-bond acceptors (Lipinski definition) is 6. The minimum Gasteiger partial charge on any atom is -0.481 e. The van der Waals surface area contributed by atoms with E-state index in [1.165, 1.54) is 29.7 Å². The molecule has 0 radical (unpaired) electrons. The van der Waals surface area contributed by atoms with Crippen LogP contribution in [-0.4, -0.2) is 39.8 Å². The number of ether oxygens (including phenoxy) is 1. The molecule has 7 nitrogen and oxygen atoms in total. The third-order valence-electron chi connectivity index (χ3n) is 4.80. The quantitative estimate of drug-likeness (QED) is 0.650. The predicted molar refractivity (Wildman–Crippen MR) is 110 cm³/mol. The number of anilines is 1. The summed E-state index contributed by atoms with van der Waals surface area (Å²) in [6.45, 7) is 0.337. The van der Waals surface area contributed by atoms with E-state index in [1.807, 2.05) is 0 Å². The zero-order chi connectivity index (χ0) is 20.9. The van der Waals surface area contributed by atoms with Gasteiger partial charge in [-0.3, -0.25) is 19.9 Å². The molecule has 3 heterocycles. The van der Waals surface area contributed by atoms with Crippen molar-refractivity contribution in [2.45, 2.75) is 18.9 Å². The predicted octanol–water partition coefficient (Wildman–Crippen LogP) is 3.67. The highest BCUT2D eigenvalue weighted by molar-refractivity contribution is 7.13. The van der Waals surface area contributed by atoms with Crippen LogP contribution in [0, 0.1) is 5.82 Å². The molecule has 1 fully saturated rings. The summed E-state index contributed by atoms with van der Waals surface area (Å²) in [5.74, 6) is -0.971. The molecule has 0 spiro atoms. The van der Waals surface area contributed by atoms with E-state index in [4.69, 9.17) is 4.74 Å². The maximum absolute atomic E-state index is 13.7. The monoisotopic (exact) mass is 426 g/mol. The van der Waals surface area contributed by atoms with Gasteiger partial charge in [0.05, 0.1) is 17.3 Å². The molecule has 2 amide bonds. The molecular formula is C21H19FN4O3S. The highest BCUT2D eigenvalue weighted by Crippen LogP contribution is 2.31. The van der Waals surface area contributed by atoms with Crippen molar-refractivity contribution < 1.29 is 18.7 Å². The van der Waals surface area contributed by atoms with E-state index < -0.39 is 5.82 Å². The van der Waals surface area contributed by atoms with E-state index in [2.05, 4.69) is 15.3 Å². The van der Waals surface area contributed by atoms with E-state index in [9.17, 15) is 14.0 Å². The molecule has 1 aliphatic rings. The minimum absolute atomic E-state index is 0.0512. The van der Waals surface area contributed by atoms with Gasteiger partial charge in [-0.2, -0.15) is 0 Å². The number of aromatic nitrogens is 2. The molecule has 1 saturated heterocycles. The summed E-state index contributed by atoms with van der Waals surface area (Å²) in [5, 5.41) is 5.00. The van der Waals surface area contributed by atoms with Gasteiger partial charge in [-0.25, -0.2) is 9.37 Å². The second kappa shape index (κ2) is 9.00. The Labute approximate surface area is 176 Å². The topological polar surface area (TPSA) is 84.4 Å². The van der Waals surface area contributed by atoms with Gasteiger partial charge in [-0.1, -0.05) is 12.1 Å². The van der Waals surface area contributed by atoms with Gasteiger partial charge in [0.25, 0.3) is 11.8 Å². The first-order chi connectivity index (χ1) is 14.6. The van der Waals surface area contributed by atoms with Crippen LogP contribution in [0.2, 0.25) is 0 Å². The molecule has 0 bridgehead atoms. The van der Waals surface area contributed by atoms with E-state index in [1.54, 1.807) is 40.7 Å². The Bertz CT molecular complexity index is 1030. The van der Waals surface area contributed by atoms with Crippen LogP contribution in [0.5, 0.6) is 5.75 Å². The Morgan fingerprint density at radius 1 is 1.23 bits per heavy atom. The van der Waals surface area contributed by atoms with Crippen LogP contribution < -0.4 is 10.1 Å². The van der Waals surface area contributed by atoms with Crippen LogP contribution in [0.1, 0.15) is 34.9 Å². The molecule has 4 rings (SSSR count). The number of benzene rings is 1. The van der Waals surface area contributed by atoms with E-state index in [0.717, 1.165) is 12.8 Å². The molecule has 0 unspecified atom stereocenters. The number of amides is 2. The van der Waals surface area contributed by atoms with Gasteiger partial charge < -0.3 is 9.64 Å². The molecule has 1 aliphatic heterocycles. The Hall–Kier alpha value is -3.33. The van der Waals surface area contributed by atoms with Crippen molar-refractivity contribution >= 4 is 28.3 Å². The number of rotatable bonds is 6. The molecule has 0 aliphatic carbocycles. The smallest absolute Gasteiger partial charge is 0.261 e. The molecule has 0 saturated carbocycles. The molecule has 9 heteroatoms. The number of para-hydroxylation sites is 1. The Morgan fingerprint density at radius 2 is 2.10 bits per heavy atom. The van der Waals surface area contributed by atoms with Gasteiger partial charge in [0.2, 0.25) is 0 Å². The lowest BCUT2D eigenvalue weighted by atomic mass is 10.1. The van der Waals surface area contributed by atoms with Gasteiger partial charge in [-0.15, -0.1) is 11.3 Å². The number of nitrogens with zero attached hydrogens (tertiary/aromatic N) is 3. The summed E-state index contributed by atoms with van der Waals surface area (Å²) in [6, 6.07) is 9.23. The van der Waals surface area contributed by atoms with Crippen LogP contribution in [0.3, 0.4) is 0 Å². The summed E-state index contributed by atoms with van der Waals surface area (Å²) < 4.78 is 19.0. The summed E-state index contributed by atoms with van der Waals surface area (Å²) in [6.07, 6.45) is 4.71. The normalized spacial score (nSPS) is 15.8. The summed E-state index contributed by atoms with van der Waals surface area (Å²) in [7, 11) is 0. The fourth-order valence-corrected chi connectivity index (χ4v) is 3.87. The number of thiazole rings is 1. The van der Waals surface area contributed by atoms with Crippen LogP contribution in [0.4, 0.5) is 9.52 Å². The average molecular weight is 426 g/mol. The van der Waals surface area contributed by atoms with Gasteiger partial charge >= 0.3 is 0 Å². The van der Waals surface area contributed by atoms with Gasteiger partial charge in [-0.05, 0) is 37.1 Å². The molecule has 2 aromatic heterocycles. The van der Waals surface area contributed by atoms with Crippen molar-refractivity contribution in [1.29, 1.82) is 0 Å². The van der Waals surface area contributed by atoms with Crippen LogP contribution in [0.15, 0.2) is 54.2 Å². The molecular weight excluding hydrogens is 407 g/mol. The van der Waals surface area contributed by atoms with Crippen molar-refractivity contribution in [2.75, 3.05) is 18.5 Å². The number of halogens is 1. The standard InChI is InChI=1S/C21H19FN4O3S/c22-15-4-1-2-6-18(15)29-13-19(27)26-10-3-5-17(26)16-8-7-14(12-24-16)20(28)25-21-23-9-11-30-21/h1-2,4,6-9,11-12,17H,3,5,10,13H2,(H,23,25,28)/t17-/m1/s1. The summed E-state index contributed by atoms with van der Waals surface area (Å²) >= 11 is 1.33. The number of likely N-dealkylation sites (tertiary alicyclic amines) is 1. The lowest BCUT2D eigenvalue weighted by molar-refractivity contribution is -0.134. The lowest BCUT2D eigenvalue weighted by Gasteiger charge is -2.24. The van der Waals surface area contributed by atoms with Crippen LogP contribution >= 0.6 is 11.3 Å². The van der Waals surface area contributed by atoms with Crippen molar-refractivity contribution in [1.82, 2.24) is 14.9 Å². The summed E-state index contributed by atoms with van der Waals surface area (Å²) in [4.78, 5) is 35.0. The van der Waals surface area contributed by atoms with Gasteiger partial charge in [0, 0.05) is 24.3 Å². The van der Waals surface area contributed by atoms with Gasteiger partial charge in [0.1, 0.15) is 0 Å². The fourth-order valence-electron chi connectivity index (χ4n) is 3.35. The third kappa shape index (κ3) is 4.46. The molecule has 1 N–H and O–H groups in total. The highest BCUT2D eigenvalue weighted by Gasteiger charge is 2.31. The number of pyridine rings is 1. The maximum Gasteiger partial charge on any atom is 0.261 e. The molecule has 154 valence electrons. The number of hydrogen-bond donors (Lipinski definition) is 1. The Kier molecular flexibility index (Phi) is 5.99. The fraction of sp³-hybridized carbons (Fsp3) is 0.238. The summed E-state index contributed by atoms with van der Waals surface area (Å²) in [5.41, 5.74) is 1.12. The second-order valence-corrected chi connectivity index (χ2v) is 7.62. The molecule has 3 aromatic rings. The van der Waals surface area contributed by atoms with Crippen LogP contribution in [-0.2, 0) is 4.79 Å². The largest absolute Gasteiger partial charge is 0.481 e. The van der Waals surface area contributed by atoms with Crippen molar-refractivity contribution in [3.8, 4) is 5.75 Å². The Morgan fingerprint density at radius 3 is 2.83 bits per heavy atom. The van der Waals surface area contributed by atoms with E-state index >= 15 is 0 Å². The zero-order valence-electron chi connectivity index (χ0n) is 16.0. The first-order valence-electron chi connectivity index (χ1n) is 9.45. The van der Waals surface area contributed by atoms with Crippen molar-refractivity contribution in [2.24, 2.45) is 0 Å². The first kappa shape index (κ1) is 20.0. The zero-order valence-corrected chi connectivity index (χ0v) is 16.8.